The minimum Gasteiger partial charge on any atom is -0.334 e. The standard InChI is InChI=1S/C14H25N3/c1-4-15-9-14(2,3)10-17-11-16-12-7-5-6-8-13(12)17/h11,15H,4-10H2,1-3H3. The number of aromatic nitrogens is 2. The molecule has 0 radical (unpaired) electrons. The van der Waals surface area contributed by atoms with Gasteiger partial charge in [-0.2, -0.15) is 0 Å². The van der Waals surface area contributed by atoms with Gasteiger partial charge in [0.1, 0.15) is 0 Å². The lowest BCUT2D eigenvalue weighted by Crippen LogP contribution is -2.33. The molecule has 0 aromatic carbocycles. The van der Waals surface area contributed by atoms with Crippen LogP contribution in [0.15, 0.2) is 6.33 Å². The largest absolute Gasteiger partial charge is 0.334 e. The first-order valence-corrected chi connectivity index (χ1v) is 6.86. The Morgan fingerprint density at radius 2 is 2.12 bits per heavy atom. The first-order valence-electron chi connectivity index (χ1n) is 6.86. The summed E-state index contributed by atoms with van der Waals surface area (Å²) >= 11 is 0. The number of nitrogens with zero attached hydrogens (tertiary/aromatic N) is 2. The molecule has 1 aliphatic carbocycles. The van der Waals surface area contributed by atoms with Gasteiger partial charge >= 0.3 is 0 Å². The number of fused-ring (bicyclic) bond motifs is 1. The minimum absolute atomic E-state index is 0.294. The van der Waals surface area contributed by atoms with Gasteiger partial charge in [-0.1, -0.05) is 20.8 Å². The second-order valence-corrected chi connectivity index (χ2v) is 5.92. The van der Waals surface area contributed by atoms with E-state index in [-0.39, 0.29) is 0 Å². The number of hydrogen-bond acceptors (Lipinski definition) is 2. The van der Waals surface area contributed by atoms with Crippen LogP contribution in [0.4, 0.5) is 0 Å². The molecule has 1 aromatic rings. The van der Waals surface area contributed by atoms with Crippen LogP contribution in [0.1, 0.15) is 45.0 Å². The second-order valence-electron chi connectivity index (χ2n) is 5.92. The summed E-state index contributed by atoms with van der Waals surface area (Å²) in [4.78, 5) is 4.56. The Bertz CT molecular complexity index is 366. The fourth-order valence-corrected chi connectivity index (χ4v) is 2.65. The predicted octanol–water partition coefficient (Wildman–Crippen LogP) is 2.40. The quantitative estimate of drug-likeness (QED) is 0.849. The summed E-state index contributed by atoms with van der Waals surface area (Å²) in [5, 5.41) is 3.45. The number of rotatable bonds is 5. The van der Waals surface area contributed by atoms with Gasteiger partial charge in [0.15, 0.2) is 0 Å². The summed E-state index contributed by atoms with van der Waals surface area (Å²) < 4.78 is 2.38. The fourth-order valence-electron chi connectivity index (χ4n) is 2.65. The summed E-state index contributed by atoms with van der Waals surface area (Å²) in [6.45, 7) is 10.00. The molecule has 0 saturated heterocycles. The molecular weight excluding hydrogens is 210 g/mol. The predicted molar refractivity (Wildman–Crippen MR) is 71.2 cm³/mol. The number of hydrogen-bond donors (Lipinski definition) is 1. The molecule has 0 aliphatic heterocycles. The smallest absolute Gasteiger partial charge is 0.0951 e. The van der Waals surface area contributed by atoms with Gasteiger partial charge in [-0.15, -0.1) is 0 Å². The molecule has 1 heterocycles. The van der Waals surface area contributed by atoms with Crippen LogP contribution in [0.25, 0.3) is 0 Å². The average molecular weight is 235 g/mol. The molecule has 96 valence electrons. The molecule has 1 aromatic heterocycles. The highest BCUT2D eigenvalue weighted by Crippen LogP contribution is 2.24. The zero-order valence-electron chi connectivity index (χ0n) is 11.4. The third kappa shape index (κ3) is 3.09. The highest BCUT2D eigenvalue weighted by Gasteiger charge is 2.22. The molecule has 0 unspecified atom stereocenters. The minimum atomic E-state index is 0.294. The second kappa shape index (κ2) is 5.21. The zero-order chi connectivity index (χ0) is 12.3. The van der Waals surface area contributed by atoms with Crippen molar-refractivity contribution in [2.45, 2.75) is 53.0 Å². The lowest BCUT2D eigenvalue weighted by Gasteiger charge is -2.27. The molecule has 1 aliphatic rings. The molecule has 0 saturated carbocycles. The van der Waals surface area contributed by atoms with E-state index in [1.54, 1.807) is 0 Å². The molecule has 0 fully saturated rings. The van der Waals surface area contributed by atoms with Crippen LogP contribution < -0.4 is 5.32 Å². The Hall–Kier alpha value is -0.830. The normalized spacial score (nSPS) is 15.9. The molecular formula is C14H25N3. The van der Waals surface area contributed by atoms with Gasteiger partial charge in [-0.05, 0) is 37.6 Å². The monoisotopic (exact) mass is 235 g/mol. The van der Waals surface area contributed by atoms with Crippen molar-refractivity contribution >= 4 is 0 Å². The Morgan fingerprint density at radius 1 is 1.35 bits per heavy atom. The van der Waals surface area contributed by atoms with Crippen molar-refractivity contribution in [1.29, 1.82) is 0 Å². The van der Waals surface area contributed by atoms with Crippen molar-refractivity contribution in [3.05, 3.63) is 17.7 Å². The molecule has 0 amide bonds. The van der Waals surface area contributed by atoms with Crippen LogP contribution in [-0.2, 0) is 19.4 Å². The van der Waals surface area contributed by atoms with E-state index in [0.29, 0.717) is 5.41 Å². The van der Waals surface area contributed by atoms with Crippen LogP contribution >= 0.6 is 0 Å². The van der Waals surface area contributed by atoms with Crippen LogP contribution in [-0.4, -0.2) is 22.6 Å². The van der Waals surface area contributed by atoms with Gasteiger partial charge in [-0.3, -0.25) is 0 Å². The van der Waals surface area contributed by atoms with E-state index in [0.717, 1.165) is 19.6 Å². The Morgan fingerprint density at radius 3 is 2.88 bits per heavy atom. The van der Waals surface area contributed by atoms with E-state index in [1.165, 1.54) is 37.1 Å². The van der Waals surface area contributed by atoms with Crippen LogP contribution in [0, 0.1) is 5.41 Å². The Balaban J connectivity index is 2.05. The van der Waals surface area contributed by atoms with E-state index in [2.05, 4.69) is 35.6 Å². The number of aryl methyl sites for hydroxylation is 1. The van der Waals surface area contributed by atoms with E-state index in [4.69, 9.17) is 0 Å². The van der Waals surface area contributed by atoms with Gasteiger partial charge in [0.05, 0.1) is 12.0 Å². The highest BCUT2D eigenvalue weighted by molar-refractivity contribution is 5.16. The summed E-state index contributed by atoms with van der Waals surface area (Å²) in [7, 11) is 0. The maximum absolute atomic E-state index is 4.56. The highest BCUT2D eigenvalue weighted by atomic mass is 15.1. The van der Waals surface area contributed by atoms with Crippen molar-refractivity contribution in [2.75, 3.05) is 13.1 Å². The fraction of sp³-hybridized carbons (Fsp3) is 0.786. The molecule has 0 spiro atoms. The molecule has 1 N–H and O–H groups in total. The first-order chi connectivity index (χ1) is 8.12. The van der Waals surface area contributed by atoms with E-state index < -0.39 is 0 Å². The lowest BCUT2D eigenvalue weighted by molar-refractivity contribution is 0.287. The summed E-state index contributed by atoms with van der Waals surface area (Å²) in [6.07, 6.45) is 7.07. The topological polar surface area (TPSA) is 29.9 Å². The van der Waals surface area contributed by atoms with Crippen molar-refractivity contribution in [3.8, 4) is 0 Å². The summed E-state index contributed by atoms with van der Waals surface area (Å²) in [5.41, 5.74) is 3.12. The van der Waals surface area contributed by atoms with Crippen molar-refractivity contribution < 1.29 is 0 Å². The van der Waals surface area contributed by atoms with Crippen molar-refractivity contribution in [1.82, 2.24) is 14.9 Å². The number of nitrogens with one attached hydrogen (secondary N) is 1. The van der Waals surface area contributed by atoms with Crippen LogP contribution in [0.3, 0.4) is 0 Å². The molecule has 0 bridgehead atoms. The van der Waals surface area contributed by atoms with Gasteiger partial charge < -0.3 is 9.88 Å². The van der Waals surface area contributed by atoms with Gasteiger partial charge in [-0.25, -0.2) is 4.98 Å². The Labute approximate surface area is 105 Å². The first kappa shape index (κ1) is 12.6. The molecule has 0 atom stereocenters. The summed E-state index contributed by atoms with van der Waals surface area (Å²) in [6, 6.07) is 0. The Kier molecular flexibility index (Phi) is 3.87. The van der Waals surface area contributed by atoms with Crippen molar-refractivity contribution in [3.63, 3.8) is 0 Å². The van der Waals surface area contributed by atoms with E-state index in [9.17, 15) is 0 Å². The van der Waals surface area contributed by atoms with Gasteiger partial charge in [0, 0.05) is 18.8 Å². The molecule has 17 heavy (non-hydrogen) atoms. The van der Waals surface area contributed by atoms with Crippen LogP contribution in [0.5, 0.6) is 0 Å². The van der Waals surface area contributed by atoms with Crippen LogP contribution in [0.2, 0.25) is 0 Å². The van der Waals surface area contributed by atoms with E-state index in [1.807, 2.05) is 6.33 Å². The maximum Gasteiger partial charge on any atom is 0.0951 e. The third-order valence-electron chi connectivity index (χ3n) is 3.56. The van der Waals surface area contributed by atoms with Gasteiger partial charge in [0.2, 0.25) is 0 Å². The third-order valence-corrected chi connectivity index (χ3v) is 3.56. The van der Waals surface area contributed by atoms with E-state index >= 15 is 0 Å². The molecule has 2 rings (SSSR count). The maximum atomic E-state index is 4.56. The average Bonchev–Trinajstić information content (AvgIpc) is 2.70. The molecule has 3 heteroatoms. The molecule has 3 nitrogen and oxygen atoms in total. The zero-order valence-corrected chi connectivity index (χ0v) is 11.4. The van der Waals surface area contributed by atoms with Gasteiger partial charge in [0.25, 0.3) is 0 Å². The number of imidazole rings is 1. The SMILES string of the molecule is CCNCC(C)(C)Cn1cnc2c1CCCC2. The van der Waals surface area contributed by atoms with Crippen molar-refractivity contribution in [2.24, 2.45) is 5.41 Å². The summed E-state index contributed by atoms with van der Waals surface area (Å²) in [5.74, 6) is 0. The lowest BCUT2D eigenvalue weighted by atomic mass is 9.92.